The molecular weight excluding hydrogens is 171 g/mol. The number of hydrogen-bond donors (Lipinski definition) is 0. The molecule has 1 fully saturated rings. The fourth-order valence-corrected chi connectivity index (χ4v) is 1.74. The molecule has 1 aliphatic heterocycles. The van der Waals surface area contributed by atoms with Gasteiger partial charge in [0.1, 0.15) is 12.8 Å². The van der Waals surface area contributed by atoms with E-state index in [0.29, 0.717) is 0 Å². The predicted octanol–water partition coefficient (Wildman–Crippen LogP) is 1.76. The van der Waals surface area contributed by atoms with Crippen molar-refractivity contribution in [3.63, 3.8) is 0 Å². The molecule has 0 radical (unpaired) electrons. The molecule has 0 spiro atoms. The van der Waals surface area contributed by atoms with Crippen LogP contribution in [-0.2, 0) is 4.84 Å². The molecule has 0 amide bonds. The zero-order valence-electron chi connectivity index (χ0n) is 6.27. The van der Waals surface area contributed by atoms with Crippen LogP contribution in [0, 0.1) is 5.92 Å². The average molecular weight is 179 g/mol. The molecule has 2 rings (SSSR count). The van der Waals surface area contributed by atoms with Crippen molar-refractivity contribution in [1.82, 2.24) is 0 Å². The highest BCUT2D eigenvalue weighted by atomic mass is 19.3. The number of fused-ring (bicyclic) bond motifs is 1. The van der Waals surface area contributed by atoms with Crippen LogP contribution in [0.5, 0.6) is 0 Å². The summed E-state index contributed by atoms with van der Waals surface area (Å²) < 4.78 is 37.6. The molecule has 5 heteroatoms. The van der Waals surface area contributed by atoms with E-state index in [0.717, 1.165) is 0 Å². The van der Waals surface area contributed by atoms with Crippen molar-refractivity contribution in [3.05, 3.63) is 0 Å². The lowest BCUT2D eigenvalue weighted by atomic mass is 10.0. The standard InChI is InChI=1S/C7H8F3NO/c8-3-5-4-1-7(9,10)2-6(4)12-11-5/h4,6H,1-3H2/t4-,6-/m1/s1. The van der Waals surface area contributed by atoms with Crippen molar-refractivity contribution < 1.29 is 18.0 Å². The Kier molecular flexibility index (Phi) is 1.56. The van der Waals surface area contributed by atoms with Gasteiger partial charge in [-0.25, -0.2) is 13.2 Å². The van der Waals surface area contributed by atoms with Gasteiger partial charge in [-0.3, -0.25) is 0 Å². The van der Waals surface area contributed by atoms with Crippen LogP contribution in [-0.4, -0.2) is 24.4 Å². The van der Waals surface area contributed by atoms with Gasteiger partial charge >= 0.3 is 0 Å². The van der Waals surface area contributed by atoms with Crippen LogP contribution in [0.3, 0.4) is 0 Å². The Balaban J connectivity index is 2.12. The minimum Gasteiger partial charge on any atom is -0.392 e. The molecule has 12 heavy (non-hydrogen) atoms. The molecule has 1 heterocycles. The van der Waals surface area contributed by atoms with Gasteiger partial charge in [0.05, 0.1) is 12.1 Å². The van der Waals surface area contributed by atoms with Gasteiger partial charge < -0.3 is 4.84 Å². The van der Waals surface area contributed by atoms with E-state index in [1.807, 2.05) is 0 Å². The molecule has 1 saturated carbocycles. The molecule has 0 aromatic carbocycles. The average Bonchev–Trinajstić information content (AvgIpc) is 2.42. The molecular formula is C7H8F3NO. The monoisotopic (exact) mass is 179 g/mol. The first-order valence-corrected chi connectivity index (χ1v) is 3.79. The van der Waals surface area contributed by atoms with E-state index in [1.165, 1.54) is 0 Å². The molecule has 2 atom stereocenters. The Bertz CT molecular complexity index is 229. The van der Waals surface area contributed by atoms with E-state index in [4.69, 9.17) is 0 Å². The van der Waals surface area contributed by atoms with E-state index in [-0.39, 0.29) is 18.6 Å². The number of halogens is 3. The maximum Gasteiger partial charge on any atom is 0.252 e. The lowest BCUT2D eigenvalue weighted by Gasteiger charge is -2.07. The van der Waals surface area contributed by atoms with Crippen LogP contribution >= 0.6 is 0 Å². The summed E-state index contributed by atoms with van der Waals surface area (Å²) in [5.74, 6) is -3.20. The summed E-state index contributed by atoms with van der Waals surface area (Å²) in [5.41, 5.74) is 0.136. The topological polar surface area (TPSA) is 21.6 Å². The summed E-state index contributed by atoms with van der Waals surface area (Å²) in [6, 6.07) is 0. The summed E-state index contributed by atoms with van der Waals surface area (Å²) >= 11 is 0. The summed E-state index contributed by atoms with van der Waals surface area (Å²) in [7, 11) is 0. The van der Waals surface area contributed by atoms with Gasteiger partial charge in [0.2, 0.25) is 0 Å². The summed E-state index contributed by atoms with van der Waals surface area (Å²) in [5, 5.41) is 3.41. The van der Waals surface area contributed by atoms with Gasteiger partial charge in [-0.05, 0) is 0 Å². The van der Waals surface area contributed by atoms with Crippen LogP contribution < -0.4 is 0 Å². The highest BCUT2D eigenvalue weighted by Gasteiger charge is 2.52. The first-order chi connectivity index (χ1) is 5.62. The van der Waals surface area contributed by atoms with Gasteiger partial charge in [-0.2, -0.15) is 0 Å². The van der Waals surface area contributed by atoms with Gasteiger partial charge in [-0.1, -0.05) is 5.16 Å². The zero-order valence-corrected chi connectivity index (χ0v) is 6.27. The van der Waals surface area contributed by atoms with Gasteiger partial charge in [0.25, 0.3) is 5.92 Å². The summed E-state index contributed by atoms with van der Waals surface area (Å²) in [6.45, 7) is -0.781. The Morgan fingerprint density at radius 1 is 1.50 bits per heavy atom. The third-order valence-corrected chi connectivity index (χ3v) is 2.34. The Hall–Kier alpha value is -0.740. The number of nitrogens with zero attached hydrogens (tertiary/aromatic N) is 1. The number of hydrogen-bond acceptors (Lipinski definition) is 2. The van der Waals surface area contributed by atoms with Crippen molar-refractivity contribution in [2.24, 2.45) is 11.1 Å². The zero-order chi connectivity index (χ0) is 8.77. The SMILES string of the molecule is FCC1=NO[C@@H]2CC(F)(F)C[C@H]12. The Morgan fingerprint density at radius 3 is 2.92 bits per heavy atom. The smallest absolute Gasteiger partial charge is 0.252 e. The molecule has 2 aliphatic rings. The number of oxime groups is 1. The van der Waals surface area contributed by atoms with E-state index in [9.17, 15) is 13.2 Å². The summed E-state index contributed by atoms with van der Waals surface area (Å²) in [6.07, 6.45) is -1.24. The second-order valence-electron chi connectivity index (χ2n) is 3.23. The molecule has 0 aromatic rings. The van der Waals surface area contributed by atoms with Crippen LogP contribution in [0.2, 0.25) is 0 Å². The molecule has 1 aliphatic carbocycles. The Labute approximate surface area is 67.4 Å². The lowest BCUT2D eigenvalue weighted by Crippen LogP contribution is -2.18. The number of rotatable bonds is 1. The lowest BCUT2D eigenvalue weighted by molar-refractivity contribution is -0.0168. The molecule has 0 unspecified atom stereocenters. The largest absolute Gasteiger partial charge is 0.392 e. The molecule has 68 valence electrons. The quantitative estimate of drug-likeness (QED) is 0.601. The van der Waals surface area contributed by atoms with Crippen LogP contribution in [0.25, 0.3) is 0 Å². The fraction of sp³-hybridized carbons (Fsp3) is 0.857. The van der Waals surface area contributed by atoms with Crippen molar-refractivity contribution in [2.75, 3.05) is 6.67 Å². The highest BCUT2D eigenvalue weighted by Crippen LogP contribution is 2.43. The Morgan fingerprint density at radius 2 is 2.25 bits per heavy atom. The maximum atomic E-state index is 12.7. The van der Waals surface area contributed by atoms with E-state index < -0.39 is 24.6 Å². The normalized spacial score (nSPS) is 37.4. The number of alkyl halides is 3. The van der Waals surface area contributed by atoms with E-state index in [1.54, 1.807) is 0 Å². The second-order valence-corrected chi connectivity index (χ2v) is 3.23. The minimum absolute atomic E-state index is 0.136. The van der Waals surface area contributed by atoms with E-state index >= 15 is 0 Å². The van der Waals surface area contributed by atoms with E-state index in [2.05, 4.69) is 9.99 Å². The van der Waals surface area contributed by atoms with Crippen LogP contribution in [0.15, 0.2) is 5.16 Å². The minimum atomic E-state index is -2.70. The first-order valence-electron chi connectivity index (χ1n) is 3.79. The predicted molar refractivity (Wildman–Crippen MR) is 36.0 cm³/mol. The van der Waals surface area contributed by atoms with Gasteiger partial charge in [-0.15, -0.1) is 0 Å². The van der Waals surface area contributed by atoms with Crippen molar-refractivity contribution in [3.8, 4) is 0 Å². The fourth-order valence-electron chi connectivity index (χ4n) is 1.74. The molecule has 2 nitrogen and oxygen atoms in total. The molecule has 0 bridgehead atoms. The molecule has 0 N–H and O–H groups in total. The maximum absolute atomic E-state index is 12.7. The van der Waals surface area contributed by atoms with Gasteiger partial charge in [0.15, 0.2) is 0 Å². The third kappa shape index (κ3) is 1.07. The molecule has 0 aromatic heterocycles. The van der Waals surface area contributed by atoms with Crippen LogP contribution in [0.4, 0.5) is 13.2 Å². The highest BCUT2D eigenvalue weighted by molar-refractivity contribution is 5.89. The van der Waals surface area contributed by atoms with Crippen molar-refractivity contribution in [1.29, 1.82) is 0 Å². The van der Waals surface area contributed by atoms with Crippen molar-refractivity contribution >= 4 is 5.71 Å². The van der Waals surface area contributed by atoms with Crippen LogP contribution in [0.1, 0.15) is 12.8 Å². The summed E-state index contributed by atoms with van der Waals surface area (Å²) in [4.78, 5) is 4.68. The van der Waals surface area contributed by atoms with Gasteiger partial charge in [0, 0.05) is 12.3 Å². The third-order valence-electron chi connectivity index (χ3n) is 2.34. The second kappa shape index (κ2) is 2.37. The first kappa shape index (κ1) is 7.89. The van der Waals surface area contributed by atoms with Crippen molar-refractivity contribution in [2.45, 2.75) is 24.9 Å². The molecule has 0 saturated heterocycles.